The van der Waals surface area contributed by atoms with Crippen LogP contribution in [0.5, 0.6) is 11.5 Å². The zero-order valence-electron chi connectivity index (χ0n) is 13.4. The minimum Gasteiger partial charge on any atom is -0.493 e. The number of nitrogens with zero attached hydrogens (tertiary/aromatic N) is 1. The molecule has 0 aromatic heterocycles. The maximum absolute atomic E-state index is 10.2. The van der Waals surface area contributed by atoms with Gasteiger partial charge in [-0.1, -0.05) is 11.6 Å². The lowest BCUT2D eigenvalue weighted by atomic mass is 10.1. The Kier molecular flexibility index (Phi) is 6.74. The van der Waals surface area contributed by atoms with Crippen LogP contribution in [0.3, 0.4) is 0 Å². The molecule has 0 heterocycles. The molecule has 2 N–H and O–H groups in total. The van der Waals surface area contributed by atoms with E-state index >= 15 is 0 Å². The minimum absolute atomic E-state index is 0.483. The fourth-order valence-corrected chi connectivity index (χ4v) is 2.60. The van der Waals surface area contributed by atoms with Gasteiger partial charge in [-0.3, -0.25) is 0 Å². The first-order chi connectivity index (χ1) is 9.79. The standard InChI is InChI=1S/C15H25ClN2O3/c1-15(19,10-18(2)3)9-17-8-11-6-12(16)14(21-5)13(7-11)20-4/h6-7,17,19H,8-10H2,1-5H3. The Hall–Kier alpha value is -1.01. The second-order valence-corrected chi connectivity index (χ2v) is 6.06. The predicted octanol–water partition coefficient (Wildman–Crippen LogP) is 1.76. The summed E-state index contributed by atoms with van der Waals surface area (Å²) < 4.78 is 10.5. The first-order valence-corrected chi connectivity index (χ1v) is 7.15. The highest BCUT2D eigenvalue weighted by Crippen LogP contribution is 2.35. The zero-order chi connectivity index (χ0) is 16.0. The van der Waals surface area contributed by atoms with Crippen LogP contribution in [0.4, 0.5) is 0 Å². The van der Waals surface area contributed by atoms with Gasteiger partial charge >= 0.3 is 0 Å². The van der Waals surface area contributed by atoms with Crippen LogP contribution in [0, 0.1) is 0 Å². The van der Waals surface area contributed by atoms with Crippen LogP contribution in [-0.4, -0.2) is 57.0 Å². The number of nitrogens with one attached hydrogen (secondary N) is 1. The summed E-state index contributed by atoms with van der Waals surface area (Å²) in [7, 11) is 7.00. The second-order valence-electron chi connectivity index (χ2n) is 5.65. The molecule has 5 nitrogen and oxygen atoms in total. The summed E-state index contributed by atoms with van der Waals surface area (Å²) in [6, 6.07) is 3.70. The number of aliphatic hydroxyl groups is 1. The van der Waals surface area contributed by atoms with Crippen molar-refractivity contribution in [3.05, 3.63) is 22.7 Å². The Labute approximate surface area is 131 Å². The van der Waals surface area contributed by atoms with Gasteiger partial charge in [-0.15, -0.1) is 0 Å². The van der Waals surface area contributed by atoms with E-state index in [1.54, 1.807) is 14.2 Å². The van der Waals surface area contributed by atoms with Gasteiger partial charge in [0.15, 0.2) is 11.5 Å². The average Bonchev–Trinajstić information content (AvgIpc) is 2.36. The Balaban J connectivity index is 2.66. The monoisotopic (exact) mass is 316 g/mol. The number of halogens is 1. The fourth-order valence-electron chi connectivity index (χ4n) is 2.29. The number of benzene rings is 1. The molecule has 0 fully saturated rings. The predicted molar refractivity (Wildman–Crippen MR) is 85.4 cm³/mol. The Bertz CT molecular complexity index is 464. The molecule has 21 heavy (non-hydrogen) atoms. The molecular formula is C15H25ClN2O3. The molecule has 1 aromatic carbocycles. The highest BCUT2D eigenvalue weighted by Gasteiger charge is 2.20. The molecule has 0 bridgehead atoms. The van der Waals surface area contributed by atoms with E-state index in [0.29, 0.717) is 36.2 Å². The summed E-state index contributed by atoms with van der Waals surface area (Å²) in [6.45, 7) is 3.47. The molecule has 6 heteroatoms. The van der Waals surface area contributed by atoms with Crippen molar-refractivity contribution < 1.29 is 14.6 Å². The lowest BCUT2D eigenvalue weighted by Gasteiger charge is -2.27. The van der Waals surface area contributed by atoms with Gasteiger partial charge in [0, 0.05) is 19.6 Å². The maximum atomic E-state index is 10.2. The van der Waals surface area contributed by atoms with Crippen LogP contribution in [0.25, 0.3) is 0 Å². The third kappa shape index (κ3) is 5.71. The summed E-state index contributed by atoms with van der Waals surface area (Å²) >= 11 is 6.16. The van der Waals surface area contributed by atoms with Crippen molar-refractivity contribution in [3.63, 3.8) is 0 Å². The van der Waals surface area contributed by atoms with E-state index in [4.69, 9.17) is 21.1 Å². The van der Waals surface area contributed by atoms with Crippen LogP contribution in [0.15, 0.2) is 12.1 Å². The zero-order valence-corrected chi connectivity index (χ0v) is 14.1. The first kappa shape index (κ1) is 18.0. The summed E-state index contributed by atoms with van der Waals surface area (Å²) in [5.41, 5.74) is 0.183. The number of ether oxygens (including phenoxy) is 2. The fraction of sp³-hybridized carbons (Fsp3) is 0.600. The third-order valence-electron chi connectivity index (χ3n) is 2.99. The summed E-state index contributed by atoms with van der Waals surface area (Å²) in [5.74, 6) is 1.13. The summed E-state index contributed by atoms with van der Waals surface area (Å²) in [6.07, 6.45) is 0. The van der Waals surface area contributed by atoms with E-state index in [1.165, 1.54) is 0 Å². The molecule has 0 spiro atoms. The third-order valence-corrected chi connectivity index (χ3v) is 3.27. The summed E-state index contributed by atoms with van der Waals surface area (Å²) in [5, 5.41) is 14.0. The lowest BCUT2D eigenvalue weighted by Crippen LogP contribution is -2.45. The topological polar surface area (TPSA) is 54.0 Å². The summed E-state index contributed by atoms with van der Waals surface area (Å²) in [4.78, 5) is 1.95. The molecule has 0 aliphatic rings. The van der Waals surface area contributed by atoms with Gasteiger partial charge in [-0.05, 0) is 38.7 Å². The smallest absolute Gasteiger partial charge is 0.179 e. The number of rotatable bonds is 8. The van der Waals surface area contributed by atoms with Gasteiger partial charge in [0.25, 0.3) is 0 Å². The molecule has 0 aliphatic carbocycles. The van der Waals surface area contributed by atoms with Gasteiger partial charge in [0.05, 0.1) is 24.8 Å². The van der Waals surface area contributed by atoms with Crippen LogP contribution in [0.2, 0.25) is 5.02 Å². The van der Waals surface area contributed by atoms with Crippen molar-refractivity contribution in [2.45, 2.75) is 19.1 Å². The highest BCUT2D eigenvalue weighted by molar-refractivity contribution is 6.32. The van der Waals surface area contributed by atoms with Crippen LogP contribution < -0.4 is 14.8 Å². The lowest BCUT2D eigenvalue weighted by molar-refractivity contribution is 0.0336. The quantitative estimate of drug-likeness (QED) is 0.765. The Morgan fingerprint density at radius 2 is 1.95 bits per heavy atom. The van der Waals surface area contributed by atoms with E-state index < -0.39 is 5.60 Å². The first-order valence-electron chi connectivity index (χ1n) is 6.77. The molecule has 1 unspecified atom stereocenters. The van der Waals surface area contributed by atoms with Gasteiger partial charge in [-0.25, -0.2) is 0 Å². The van der Waals surface area contributed by atoms with E-state index in [-0.39, 0.29) is 0 Å². The molecule has 1 atom stereocenters. The van der Waals surface area contributed by atoms with Gasteiger partial charge in [0.2, 0.25) is 0 Å². The molecule has 1 rings (SSSR count). The van der Waals surface area contributed by atoms with Crippen molar-refractivity contribution >= 4 is 11.6 Å². The van der Waals surface area contributed by atoms with Gasteiger partial charge < -0.3 is 24.8 Å². The van der Waals surface area contributed by atoms with Crippen molar-refractivity contribution in [2.24, 2.45) is 0 Å². The van der Waals surface area contributed by atoms with Crippen molar-refractivity contribution in [2.75, 3.05) is 41.4 Å². The minimum atomic E-state index is -0.788. The maximum Gasteiger partial charge on any atom is 0.179 e. The molecule has 0 aliphatic heterocycles. The van der Waals surface area contributed by atoms with Gasteiger partial charge in [-0.2, -0.15) is 0 Å². The Morgan fingerprint density at radius 1 is 1.29 bits per heavy atom. The highest BCUT2D eigenvalue weighted by atomic mass is 35.5. The average molecular weight is 317 g/mol. The molecule has 0 amide bonds. The van der Waals surface area contributed by atoms with Crippen LogP contribution >= 0.6 is 11.6 Å². The van der Waals surface area contributed by atoms with Crippen molar-refractivity contribution in [1.29, 1.82) is 0 Å². The number of methoxy groups -OCH3 is 2. The number of hydrogen-bond donors (Lipinski definition) is 2. The number of hydrogen-bond acceptors (Lipinski definition) is 5. The Morgan fingerprint density at radius 3 is 2.48 bits per heavy atom. The van der Waals surface area contributed by atoms with E-state index in [0.717, 1.165) is 5.56 Å². The van der Waals surface area contributed by atoms with Crippen molar-refractivity contribution in [1.82, 2.24) is 10.2 Å². The molecule has 120 valence electrons. The van der Waals surface area contributed by atoms with Crippen LogP contribution in [-0.2, 0) is 6.54 Å². The molecule has 0 radical (unpaired) electrons. The normalized spacial score (nSPS) is 14.1. The molecule has 0 saturated heterocycles. The van der Waals surface area contributed by atoms with E-state index in [2.05, 4.69) is 5.32 Å². The van der Waals surface area contributed by atoms with Crippen molar-refractivity contribution in [3.8, 4) is 11.5 Å². The molecule has 1 aromatic rings. The SMILES string of the molecule is COc1cc(CNCC(C)(O)CN(C)C)cc(Cl)c1OC. The van der Waals surface area contributed by atoms with Crippen LogP contribution in [0.1, 0.15) is 12.5 Å². The molecular weight excluding hydrogens is 292 g/mol. The van der Waals surface area contributed by atoms with E-state index in [9.17, 15) is 5.11 Å². The largest absolute Gasteiger partial charge is 0.493 e. The second kappa shape index (κ2) is 7.84. The molecule has 0 saturated carbocycles. The van der Waals surface area contributed by atoms with Gasteiger partial charge in [0.1, 0.15) is 0 Å². The number of likely N-dealkylation sites (N-methyl/N-ethyl adjacent to an activating group) is 1. The van der Waals surface area contributed by atoms with E-state index in [1.807, 2.05) is 38.1 Å².